The summed E-state index contributed by atoms with van der Waals surface area (Å²) in [5, 5.41) is 2.14. The molecule has 0 nitrogen and oxygen atoms in total. The molecule has 0 aliphatic carbocycles. The maximum atomic E-state index is 2.30. The Morgan fingerprint density at radius 1 is 1.21 bits per heavy atom. The first-order chi connectivity index (χ1) is 6.81. The van der Waals surface area contributed by atoms with Crippen LogP contribution in [0, 0.1) is 0 Å². The lowest BCUT2D eigenvalue weighted by Gasteiger charge is -2.02. The molecule has 14 heavy (non-hydrogen) atoms. The molecule has 0 saturated carbocycles. The molecule has 0 N–H and O–H groups in total. The van der Waals surface area contributed by atoms with Crippen LogP contribution in [0.3, 0.4) is 0 Å². The van der Waals surface area contributed by atoms with Crippen LogP contribution in [0.2, 0.25) is 0 Å². The van der Waals surface area contributed by atoms with Gasteiger partial charge < -0.3 is 0 Å². The minimum absolute atomic E-state index is 0.703. The van der Waals surface area contributed by atoms with Crippen LogP contribution in [-0.2, 0) is 0 Å². The van der Waals surface area contributed by atoms with Gasteiger partial charge in [-0.2, -0.15) is 0 Å². The van der Waals surface area contributed by atoms with E-state index in [1.54, 1.807) is 0 Å². The molecule has 2 rings (SSSR count). The van der Waals surface area contributed by atoms with E-state index in [0.29, 0.717) is 5.92 Å². The van der Waals surface area contributed by atoms with E-state index in [0.717, 1.165) is 0 Å². The molecule has 1 unspecified atom stereocenters. The van der Waals surface area contributed by atoms with E-state index in [2.05, 4.69) is 43.5 Å². The Balaban J connectivity index is 2.26. The zero-order valence-electron chi connectivity index (χ0n) is 8.49. The molecule has 0 radical (unpaired) electrons. The first kappa shape index (κ1) is 9.94. The van der Waals surface area contributed by atoms with Gasteiger partial charge in [0, 0.05) is 14.6 Å². The topological polar surface area (TPSA) is 0 Å². The summed E-state index contributed by atoms with van der Waals surface area (Å²) in [5.41, 5.74) is 0. The van der Waals surface area contributed by atoms with Crippen molar-refractivity contribution in [1.29, 1.82) is 0 Å². The number of rotatable bonds is 3. The monoisotopic (exact) mass is 222 g/mol. The van der Waals surface area contributed by atoms with Crippen molar-refractivity contribution in [3.8, 4) is 9.75 Å². The lowest BCUT2D eigenvalue weighted by Crippen LogP contribution is -1.84. The van der Waals surface area contributed by atoms with Gasteiger partial charge in [0.2, 0.25) is 0 Å². The van der Waals surface area contributed by atoms with Crippen LogP contribution >= 0.6 is 22.7 Å². The lowest BCUT2D eigenvalue weighted by atomic mass is 10.1. The summed E-state index contributed by atoms with van der Waals surface area (Å²) in [6, 6.07) is 8.82. The van der Waals surface area contributed by atoms with E-state index in [9.17, 15) is 0 Å². The third-order valence-corrected chi connectivity index (χ3v) is 4.87. The van der Waals surface area contributed by atoms with Gasteiger partial charge in [-0.05, 0) is 35.9 Å². The molecule has 2 aromatic heterocycles. The maximum Gasteiger partial charge on any atom is 0.0445 e. The van der Waals surface area contributed by atoms with E-state index in [4.69, 9.17) is 0 Å². The van der Waals surface area contributed by atoms with Crippen molar-refractivity contribution in [2.75, 3.05) is 0 Å². The summed E-state index contributed by atoms with van der Waals surface area (Å²) in [5.74, 6) is 0.703. The summed E-state index contributed by atoms with van der Waals surface area (Å²) in [6.07, 6.45) is 1.23. The van der Waals surface area contributed by atoms with Gasteiger partial charge in [-0.1, -0.05) is 19.9 Å². The summed E-state index contributed by atoms with van der Waals surface area (Å²) >= 11 is 3.75. The second kappa shape index (κ2) is 4.28. The van der Waals surface area contributed by atoms with Gasteiger partial charge in [-0.25, -0.2) is 0 Å². The van der Waals surface area contributed by atoms with Crippen LogP contribution < -0.4 is 0 Å². The Kier molecular flexibility index (Phi) is 3.04. The Morgan fingerprint density at radius 3 is 2.71 bits per heavy atom. The summed E-state index contributed by atoms with van der Waals surface area (Å²) in [6.45, 7) is 4.54. The summed E-state index contributed by atoms with van der Waals surface area (Å²) in [7, 11) is 0. The lowest BCUT2D eigenvalue weighted by molar-refractivity contribution is 0.748. The van der Waals surface area contributed by atoms with Crippen molar-refractivity contribution in [1.82, 2.24) is 0 Å². The van der Waals surface area contributed by atoms with E-state index in [1.165, 1.54) is 21.1 Å². The van der Waals surface area contributed by atoms with Gasteiger partial charge in [0.05, 0.1) is 0 Å². The highest BCUT2D eigenvalue weighted by Crippen LogP contribution is 2.35. The average molecular weight is 222 g/mol. The van der Waals surface area contributed by atoms with E-state index in [1.807, 2.05) is 22.7 Å². The highest BCUT2D eigenvalue weighted by atomic mass is 32.1. The third-order valence-electron chi connectivity index (χ3n) is 2.49. The molecule has 74 valence electrons. The minimum Gasteiger partial charge on any atom is -0.143 e. The first-order valence-corrected chi connectivity index (χ1v) is 6.64. The molecule has 2 heterocycles. The van der Waals surface area contributed by atoms with Crippen LogP contribution in [0.15, 0.2) is 29.6 Å². The summed E-state index contributed by atoms with van der Waals surface area (Å²) < 4.78 is 0. The molecule has 0 aliphatic rings. The SMILES string of the molecule is CCC(C)c1ccc(-c2cccs2)s1. The average Bonchev–Trinajstić information content (AvgIpc) is 2.86. The van der Waals surface area contributed by atoms with Gasteiger partial charge in [0.15, 0.2) is 0 Å². The van der Waals surface area contributed by atoms with Gasteiger partial charge in [0.1, 0.15) is 0 Å². The number of hydrogen-bond donors (Lipinski definition) is 0. The van der Waals surface area contributed by atoms with Crippen LogP contribution in [0.25, 0.3) is 9.75 Å². The normalized spacial score (nSPS) is 13.0. The molecule has 1 atom stereocenters. The molecule has 0 bridgehead atoms. The van der Waals surface area contributed by atoms with Crippen LogP contribution in [0.1, 0.15) is 31.1 Å². The molecule has 0 saturated heterocycles. The van der Waals surface area contributed by atoms with Gasteiger partial charge in [-0.15, -0.1) is 22.7 Å². The molecule has 0 fully saturated rings. The van der Waals surface area contributed by atoms with Crippen molar-refractivity contribution >= 4 is 22.7 Å². The standard InChI is InChI=1S/C12H14S2/c1-3-9(2)10-6-7-12(14-10)11-5-4-8-13-11/h4-9H,3H2,1-2H3. The van der Waals surface area contributed by atoms with Crippen molar-refractivity contribution in [3.05, 3.63) is 34.5 Å². The van der Waals surface area contributed by atoms with Crippen molar-refractivity contribution in [2.45, 2.75) is 26.2 Å². The Hall–Kier alpha value is -0.600. The fraction of sp³-hybridized carbons (Fsp3) is 0.333. The fourth-order valence-electron chi connectivity index (χ4n) is 1.37. The Bertz CT molecular complexity index is 384. The van der Waals surface area contributed by atoms with Crippen LogP contribution in [0.5, 0.6) is 0 Å². The predicted octanol–water partition coefficient (Wildman–Crippen LogP) is 4.99. The largest absolute Gasteiger partial charge is 0.143 e. The number of thiophene rings is 2. The fourth-order valence-corrected chi connectivity index (χ4v) is 3.35. The zero-order valence-corrected chi connectivity index (χ0v) is 10.1. The smallest absolute Gasteiger partial charge is 0.0445 e. The van der Waals surface area contributed by atoms with Gasteiger partial charge in [-0.3, -0.25) is 0 Å². The van der Waals surface area contributed by atoms with E-state index in [-0.39, 0.29) is 0 Å². The summed E-state index contributed by atoms with van der Waals surface area (Å²) in [4.78, 5) is 4.32. The molecule has 0 amide bonds. The van der Waals surface area contributed by atoms with Crippen molar-refractivity contribution in [3.63, 3.8) is 0 Å². The molecule has 2 heteroatoms. The molecule has 0 aromatic carbocycles. The van der Waals surface area contributed by atoms with E-state index >= 15 is 0 Å². The Morgan fingerprint density at radius 2 is 2.07 bits per heavy atom. The van der Waals surface area contributed by atoms with Crippen molar-refractivity contribution < 1.29 is 0 Å². The molecule has 0 aliphatic heterocycles. The second-order valence-electron chi connectivity index (χ2n) is 3.49. The van der Waals surface area contributed by atoms with Crippen LogP contribution in [0.4, 0.5) is 0 Å². The quantitative estimate of drug-likeness (QED) is 0.686. The Labute approximate surface area is 93.2 Å². The predicted molar refractivity (Wildman–Crippen MR) is 66.3 cm³/mol. The molecule has 0 spiro atoms. The highest BCUT2D eigenvalue weighted by Gasteiger charge is 2.07. The number of hydrogen-bond acceptors (Lipinski definition) is 2. The zero-order chi connectivity index (χ0) is 9.97. The highest BCUT2D eigenvalue weighted by molar-refractivity contribution is 7.21. The molecule has 2 aromatic rings. The molecular weight excluding hydrogens is 208 g/mol. The second-order valence-corrected chi connectivity index (χ2v) is 5.55. The minimum atomic E-state index is 0.703. The maximum absolute atomic E-state index is 2.30. The van der Waals surface area contributed by atoms with Gasteiger partial charge >= 0.3 is 0 Å². The molecular formula is C12H14S2. The van der Waals surface area contributed by atoms with Gasteiger partial charge in [0.25, 0.3) is 0 Å². The van der Waals surface area contributed by atoms with Crippen molar-refractivity contribution in [2.24, 2.45) is 0 Å². The first-order valence-electron chi connectivity index (χ1n) is 4.95. The van der Waals surface area contributed by atoms with Crippen LogP contribution in [-0.4, -0.2) is 0 Å². The third kappa shape index (κ3) is 1.91. The van der Waals surface area contributed by atoms with E-state index < -0.39 is 0 Å².